The Labute approximate surface area is 146 Å². The molecule has 1 aliphatic heterocycles. The zero-order valence-corrected chi connectivity index (χ0v) is 14.3. The maximum Gasteiger partial charge on any atom is 0.137 e. The average molecular weight is 338 g/mol. The fraction of sp³-hybridized carbons (Fsp3) is 0.389. The Morgan fingerprint density at radius 1 is 1.28 bits per heavy atom. The number of aryl methyl sites for hydroxylation is 2. The van der Waals surface area contributed by atoms with E-state index in [0.29, 0.717) is 12.6 Å². The Morgan fingerprint density at radius 3 is 3.04 bits per heavy atom. The van der Waals surface area contributed by atoms with Crippen LogP contribution < -0.4 is 4.74 Å². The van der Waals surface area contributed by atoms with Crippen molar-refractivity contribution in [3.8, 4) is 5.75 Å². The molecule has 0 aromatic carbocycles. The Morgan fingerprint density at radius 2 is 2.24 bits per heavy atom. The number of fused-ring (bicyclic) bond motifs is 1. The standard InChI is InChI=1S/C18H22N6O/c1-14-2-3-18(10-19-14)25-13-17-5-7-24-16(4-6-22-24)12-23(17)11-15-8-20-21-9-15/h2-4,6,8-10,17H,5,7,11-13H2,1H3,(H,20,21). The van der Waals surface area contributed by atoms with Crippen LogP contribution >= 0.6 is 0 Å². The van der Waals surface area contributed by atoms with Crippen LogP contribution in [0.25, 0.3) is 0 Å². The van der Waals surface area contributed by atoms with Gasteiger partial charge in [0.1, 0.15) is 12.4 Å². The molecule has 0 bridgehead atoms. The van der Waals surface area contributed by atoms with Gasteiger partial charge in [-0.25, -0.2) is 0 Å². The minimum absolute atomic E-state index is 0.304. The van der Waals surface area contributed by atoms with Gasteiger partial charge in [-0.15, -0.1) is 0 Å². The normalized spacial score (nSPS) is 17.9. The first-order valence-corrected chi connectivity index (χ1v) is 8.56. The first kappa shape index (κ1) is 15.8. The van der Waals surface area contributed by atoms with Crippen molar-refractivity contribution in [1.29, 1.82) is 0 Å². The predicted octanol–water partition coefficient (Wildman–Crippen LogP) is 2.16. The molecule has 1 aliphatic rings. The molecule has 0 aliphatic carbocycles. The quantitative estimate of drug-likeness (QED) is 0.772. The van der Waals surface area contributed by atoms with E-state index in [1.165, 1.54) is 11.3 Å². The molecule has 130 valence electrons. The van der Waals surface area contributed by atoms with E-state index in [2.05, 4.69) is 35.9 Å². The van der Waals surface area contributed by atoms with Crippen molar-refractivity contribution in [2.75, 3.05) is 6.61 Å². The molecule has 7 heteroatoms. The van der Waals surface area contributed by atoms with Gasteiger partial charge in [-0.3, -0.25) is 19.7 Å². The highest BCUT2D eigenvalue weighted by Crippen LogP contribution is 2.21. The molecule has 1 atom stereocenters. The summed E-state index contributed by atoms with van der Waals surface area (Å²) in [6.45, 7) is 5.20. The minimum Gasteiger partial charge on any atom is -0.490 e. The lowest BCUT2D eigenvalue weighted by atomic mass is 10.1. The smallest absolute Gasteiger partial charge is 0.137 e. The van der Waals surface area contributed by atoms with E-state index < -0.39 is 0 Å². The second-order valence-electron chi connectivity index (χ2n) is 6.45. The van der Waals surface area contributed by atoms with Gasteiger partial charge in [0.05, 0.1) is 18.1 Å². The third-order valence-electron chi connectivity index (χ3n) is 4.63. The van der Waals surface area contributed by atoms with Crippen LogP contribution in [0.4, 0.5) is 0 Å². The van der Waals surface area contributed by atoms with Gasteiger partial charge in [0, 0.05) is 49.3 Å². The number of hydrogen-bond donors (Lipinski definition) is 1. The summed E-state index contributed by atoms with van der Waals surface area (Å²) >= 11 is 0. The molecular weight excluding hydrogens is 316 g/mol. The number of aromatic amines is 1. The first-order valence-electron chi connectivity index (χ1n) is 8.56. The average Bonchev–Trinajstić information content (AvgIpc) is 3.25. The Bertz CT molecular complexity index is 795. The molecule has 7 nitrogen and oxygen atoms in total. The lowest BCUT2D eigenvalue weighted by Gasteiger charge is -2.29. The number of nitrogens with one attached hydrogen (secondary N) is 1. The molecule has 1 unspecified atom stereocenters. The van der Waals surface area contributed by atoms with Crippen LogP contribution in [0, 0.1) is 6.92 Å². The van der Waals surface area contributed by atoms with Gasteiger partial charge in [-0.05, 0) is 31.5 Å². The lowest BCUT2D eigenvalue weighted by Crippen LogP contribution is -2.37. The van der Waals surface area contributed by atoms with Crippen LogP contribution in [0.15, 0.2) is 43.0 Å². The van der Waals surface area contributed by atoms with Gasteiger partial charge in [0.2, 0.25) is 0 Å². The van der Waals surface area contributed by atoms with E-state index in [0.717, 1.165) is 37.5 Å². The summed E-state index contributed by atoms with van der Waals surface area (Å²) in [5.41, 5.74) is 3.41. The van der Waals surface area contributed by atoms with Crippen molar-refractivity contribution >= 4 is 0 Å². The third kappa shape index (κ3) is 3.71. The Kier molecular flexibility index (Phi) is 4.47. The molecule has 0 fully saturated rings. The maximum atomic E-state index is 6.02. The molecule has 25 heavy (non-hydrogen) atoms. The topological polar surface area (TPSA) is 71.9 Å². The predicted molar refractivity (Wildman–Crippen MR) is 92.9 cm³/mol. The summed E-state index contributed by atoms with van der Waals surface area (Å²) in [5, 5.41) is 11.4. The Hall–Kier alpha value is -2.67. The molecule has 1 N–H and O–H groups in total. The second kappa shape index (κ2) is 7.06. The number of hydrogen-bond acceptors (Lipinski definition) is 5. The van der Waals surface area contributed by atoms with Gasteiger partial charge >= 0.3 is 0 Å². The highest BCUT2D eigenvalue weighted by molar-refractivity contribution is 5.19. The molecule has 4 rings (SSSR count). The van der Waals surface area contributed by atoms with Gasteiger partial charge in [0.25, 0.3) is 0 Å². The molecule has 0 spiro atoms. The maximum absolute atomic E-state index is 6.02. The van der Waals surface area contributed by atoms with Crippen LogP contribution in [0.1, 0.15) is 23.4 Å². The van der Waals surface area contributed by atoms with E-state index in [-0.39, 0.29) is 0 Å². The zero-order valence-electron chi connectivity index (χ0n) is 14.3. The first-order chi connectivity index (χ1) is 12.3. The minimum atomic E-state index is 0.304. The lowest BCUT2D eigenvalue weighted by molar-refractivity contribution is 0.118. The fourth-order valence-electron chi connectivity index (χ4n) is 3.19. The third-order valence-corrected chi connectivity index (χ3v) is 4.63. The summed E-state index contributed by atoms with van der Waals surface area (Å²) < 4.78 is 8.12. The number of pyridine rings is 1. The van der Waals surface area contributed by atoms with Crippen molar-refractivity contribution in [2.45, 2.75) is 39.0 Å². The van der Waals surface area contributed by atoms with Gasteiger partial charge in [-0.1, -0.05) is 0 Å². The summed E-state index contributed by atoms with van der Waals surface area (Å²) in [7, 11) is 0. The summed E-state index contributed by atoms with van der Waals surface area (Å²) in [6, 6.07) is 6.35. The molecule has 0 amide bonds. The van der Waals surface area contributed by atoms with E-state index in [4.69, 9.17) is 4.74 Å². The highest BCUT2D eigenvalue weighted by atomic mass is 16.5. The summed E-state index contributed by atoms with van der Waals surface area (Å²) in [5.74, 6) is 0.816. The van der Waals surface area contributed by atoms with Crippen molar-refractivity contribution in [3.63, 3.8) is 0 Å². The molecular formula is C18H22N6O. The van der Waals surface area contributed by atoms with Crippen molar-refractivity contribution in [3.05, 3.63) is 59.9 Å². The van der Waals surface area contributed by atoms with E-state index in [1.807, 2.05) is 37.6 Å². The number of ether oxygens (including phenoxy) is 1. The highest BCUT2D eigenvalue weighted by Gasteiger charge is 2.25. The largest absolute Gasteiger partial charge is 0.490 e. The van der Waals surface area contributed by atoms with Gasteiger partial charge in [0.15, 0.2) is 0 Å². The van der Waals surface area contributed by atoms with Crippen LogP contribution in [0.2, 0.25) is 0 Å². The monoisotopic (exact) mass is 338 g/mol. The van der Waals surface area contributed by atoms with Crippen LogP contribution in [0.5, 0.6) is 5.75 Å². The molecule has 3 aromatic rings. The van der Waals surface area contributed by atoms with Crippen molar-refractivity contribution in [1.82, 2.24) is 29.9 Å². The van der Waals surface area contributed by atoms with Crippen molar-refractivity contribution < 1.29 is 4.74 Å². The molecule has 0 saturated carbocycles. The molecule has 0 saturated heterocycles. The fourth-order valence-corrected chi connectivity index (χ4v) is 3.19. The molecule has 0 radical (unpaired) electrons. The van der Waals surface area contributed by atoms with Crippen LogP contribution in [0.3, 0.4) is 0 Å². The summed E-state index contributed by atoms with van der Waals surface area (Å²) in [6.07, 6.45) is 8.48. The van der Waals surface area contributed by atoms with Gasteiger partial charge in [-0.2, -0.15) is 10.2 Å². The Balaban J connectivity index is 1.48. The summed E-state index contributed by atoms with van der Waals surface area (Å²) in [4.78, 5) is 6.74. The van der Waals surface area contributed by atoms with Crippen molar-refractivity contribution in [2.24, 2.45) is 0 Å². The second-order valence-corrected chi connectivity index (χ2v) is 6.45. The SMILES string of the molecule is Cc1ccc(OCC2CCn3nccc3CN2Cc2cn[nH]c2)cn1. The number of H-pyrrole nitrogens is 1. The zero-order chi connectivity index (χ0) is 17.1. The van der Waals surface area contributed by atoms with E-state index >= 15 is 0 Å². The number of nitrogens with zero attached hydrogens (tertiary/aromatic N) is 5. The molecule has 3 aromatic heterocycles. The number of rotatable bonds is 5. The number of aromatic nitrogens is 5. The van der Waals surface area contributed by atoms with Crippen LogP contribution in [-0.4, -0.2) is 42.5 Å². The van der Waals surface area contributed by atoms with E-state index in [1.54, 1.807) is 6.20 Å². The van der Waals surface area contributed by atoms with E-state index in [9.17, 15) is 0 Å². The van der Waals surface area contributed by atoms with Gasteiger partial charge < -0.3 is 4.74 Å². The van der Waals surface area contributed by atoms with Crippen LogP contribution in [-0.2, 0) is 19.6 Å². The molecule has 4 heterocycles.